The number of nitrogens with zero attached hydrogens (tertiary/aromatic N) is 3. The molecule has 7 heteroatoms. The van der Waals surface area contributed by atoms with E-state index in [2.05, 4.69) is 10.5 Å². The highest BCUT2D eigenvalue weighted by atomic mass is 16.5. The van der Waals surface area contributed by atoms with Crippen molar-refractivity contribution in [3.8, 4) is 0 Å². The Morgan fingerprint density at radius 1 is 1.40 bits per heavy atom. The molecule has 7 nitrogen and oxygen atoms in total. The minimum atomic E-state index is -0.528. The molecule has 1 aromatic heterocycles. The summed E-state index contributed by atoms with van der Waals surface area (Å²) in [5.74, 6) is 0.409. The zero-order chi connectivity index (χ0) is 15.3. The second-order valence-corrected chi connectivity index (χ2v) is 5.12. The van der Waals surface area contributed by atoms with E-state index in [4.69, 9.17) is 4.52 Å². The highest BCUT2D eigenvalue weighted by Gasteiger charge is 2.18. The van der Waals surface area contributed by atoms with Crippen LogP contribution >= 0.6 is 0 Å². The van der Waals surface area contributed by atoms with Crippen LogP contribution in [0.1, 0.15) is 18.4 Å². The topological polar surface area (TPSA) is 78.7 Å². The van der Waals surface area contributed by atoms with Crippen molar-refractivity contribution in [1.29, 1.82) is 0 Å². The molecule has 1 rings (SSSR count). The number of rotatable bonds is 6. The quantitative estimate of drug-likeness (QED) is 0.795. The number of nitrogens with one attached hydrogen (secondary N) is 1. The van der Waals surface area contributed by atoms with Crippen LogP contribution in [0.25, 0.3) is 0 Å². The zero-order valence-electron chi connectivity index (χ0n) is 12.6. The molecule has 0 aliphatic carbocycles. The molecule has 0 saturated carbocycles. The normalized spacial score (nSPS) is 12.3. The Morgan fingerprint density at radius 3 is 2.55 bits per heavy atom. The molecule has 0 saturated heterocycles. The summed E-state index contributed by atoms with van der Waals surface area (Å²) in [5.41, 5.74) is 0.773. The van der Waals surface area contributed by atoms with Crippen molar-refractivity contribution < 1.29 is 14.1 Å². The Morgan fingerprint density at radius 2 is 2.05 bits per heavy atom. The number of hydrogen-bond acceptors (Lipinski definition) is 5. The van der Waals surface area contributed by atoms with Crippen molar-refractivity contribution in [2.24, 2.45) is 0 Å². The molecule has 0 radical (unpaired) electrons. The average Bonchev–Trinajstić information content (AvgIpc) is 2.72. The highest BCUT2D eigenvalue weighted by Crippen LogP contribution is 2.04. The van der Waals surface area contributed by atoms with Gasteiger partial charge in [0.2, 0.25) is 11.8 Å². The lowest BCUT2D eigenvalue weighted by atomic mass is 10.3. The van der Waals surface area contributed by atoms with Gasteiger partial charge in [0.05, 0.1) is 12.2 Å². The molecular weight excluding hydrogens is 260 g/mol. The maximum atomic E-state index is 11.8. The second kappa shape index (κ2) is 7.04. The summed E-state index contributed by atoms with van der Waals surface area (Å²) in [4.78, 5) is 26.7. The van der Waals surface area contributed by atoms with Gasteiger partial charge in [-0.3, -0.25) is 14.5 Å². The van der Waals surface area contributed by atoms with Crippen LogP contribution in [0.5, 0.6) is 0 Å². The minimum absolute atomic E-state index is 0.131. The molecule has 0 aromatic carbocycles. The van der Waals surface area contributed by atoms with Crippen LogP contribution in [-0.4, -0.2) is 60.5 Å². The highest BCUT2D eigenvalue weighted by molar-refractivity contribution is 5.87. The molecular formula is C13H22N4O3. The minimum Gasteiger partial charge on any atom is -0.361 e. The molecule has 0 fully saturated rings. The zero-order valence-corrected chi connectivity index (χ0v) is 12.6. The maximum Gasteiger partial charge on any atom is 0.244 e. The van der Waals surface area contributed by atoms with Crippen LogP contribution in [0.4, 0.5) is 0 Å². The van der Waals surface area contributed by atoms with Crippen LogP contribution in [-0.2, 0) is 16.1 Å². The largest absolute Gasteiger partial charge is 0.361 e. The van der Waals surface area contributed by atoms with E-state index in [0.29, 0.717) is 6.54 Å². The molecule has 112 valence electrons. The fourth-order valence-electron chi connectivity index (χ4n) is 1.81. The van der Waals surface area contributed by atoms with E-state index >= 15 is 0 Å². The lowest BCUT2D eigenvalue weighted by Crippen LogP contribution is -2.47. The predicted octanol–water partition coefficient (Wildman–Crippen LogP) is 0.00772. The third-order valence-corrected chi connectivity index (χ3v) is 2.71. The summed E-state index contributed by atoms with van der Waals surface area (Å²) >= 11 is 0. The monoisotopic (exact) mass is 282 g/mol. The van der Waals surface area contributed by atoms with E-state index in [0.717, 1.165) is 11.5 Å². The molecule has 20 heavy (non-hydrogen) atoms. The van der Waals surface area contributed by atoms with E-state index in [1.165, 1.54) is 4.90 Å². The summed E-state index contributed by atoms with van der Waals surface area (Å²) < 4.78 is 4.97. The van der Waals surface area contributed by atoms with Gasteiger partial charge in [-0.1, -0.05) is 5.16 Å². The SMILES string of the molecule is Cc1cc(CN(C)CC(=O)NC(C)C(=O)N(C)C)no1. The number of aromatic nitrogens is 1. The average molecular weight is 282 g/mol. The fraction of sp³-hybridized carbons (Fsp3) is 0.615. The van der Waals surface area contributed by atoms with Crippen LogP contribution in [0.3, 0.4) is 0 Å². The molecule has 0 spiro atoms. The van der Waals surface area contributed by atoms with Gasteiger partial charge in [0.25, 0.3) is 0 Å². The molecule has 1 unspecified atom stereocenters. The summed E-state index contributed by atoms with van der Waals surface area (Å²) in [5, 5.41) is 6.53. The molecule has 1 atom stereocenters. The van der Waals surface area contributed by atoms with Crippen LogP contribution in [0, 0.1) is 6.92 Å². The van der Waals surface area contributed by atoms with Crippen molar-refractivity contribution in [2.75, 3.05) is 27.7 Å². The first-order valence-electron chi connectivity index (χ1n) is 6.41. The molecule has 0 aliphatic rings. The first-order valence-corrected chi connectivity index (χ1v) is 6.41. The van der Waals surface area contributed by atoms with Gasteiger partial charge in [0.15, 0.2) is 0 Å². The number of carbonyl (C=O) groups excluding carboxylic acids is 2. The van der Waals surface area contributed by atoms with E-state index in [9.17, 15) is 9.59 Å². The van der Waals surface area contributed by atoms with Gasteiger partial charge in [0, 0.05) is 26.7 Å². The van der Waals surface area contributed by atoms with Gasteiger partial charge < -0.3 is 14.7 Å². The number of likely N-dealkylation sites (N-methyl/N-ethyl adjacent to an activating group) is 2. The van der Waals surface area contributed by atoms with Crippen molar-refractivity contribution in [2.45, 2.75) is 26.4 Å². The summed E-state index contributed by atoms with van der Waals surface area (Å²) in [6.45, 7) is 4.19. The van der Waals surface area contributed by atoms with Gasteiger partial charge in [-0.25, -0.2) is 0 Å². The van der Waals surface area contributed by atoms with E-state index in [-0.39, 0.29) is 18.4 Å². The van der Waals surface area contributed by atoms with Gasteiger partial charge in [-0.05, 0) is 20.9 Å². The number of hydrogen-bond donors (Lipinski definition) is 1. The number of aryl methyl sites for hydroxylation is 1. The van der Waals surface area contributed by atoms with Crippen molar-refractivity contribution in [3.63, 3.8) is 0 Å². The van der Waals surface area contributed by atoms with Gasteiger partial charge >= 0.3 is 0 Å². The molecule has 1 heterocycles. The second-order valence-electron chi connectivity index (χ2n) is 5.12. The third kappa shape index (κ3) is 5.00. The smallest absolute Gasteiger partial charge is 0.244 e. The summed E-state index contributed by atoms with van der Waals surface area (Å²) in [7, 11) is 5.12. The van der Waals surface area contributed by atoms with Crippen molar-refractivity contribution in [3.05, 3.63) is 17.5 Å². The van der Waals surface area contributed by atoms with Gasteiger partial charge in [0.1, 0.15) is 11.8 Å². The molecule has 1 N–H and O–H groups in total. The maximum absolute atomic E-state index is 11.8. The Balaban J connectivity index is 2.40. The van der Waals surface area contributed by atoms with Crippen molar-refractivity contribution >= 4 is 11.8 Å². The summed E-state index contributed by atoms with van der Waals surface area (Å²) in [6, 6.07) is 1.30. The number of carbonyl (C=O) groups is 2. The van der Waals surface area contributed by atoms with E-state index < -0.39 is 6.04 Å². The van der Waals surface area contributed by atoms with Crippen LogP contribution in [0.15, 0.2) is 10.6 Å². The Bertz CT molecular complexity index is 470. The first-order chi connectivity index (χ1) is 9.29. The molecule has 0 bridgehead atoms. The van der Waals surface area contributed by atoms with Crippen molar-refractivity contribution in [1.82, 2.24) is 20.3 Å². The molecule has 0 aliphatic heterocycles. The first kappa shape index (κ1) is 16.2. The lowest BCUT2D eigenvalue weighted by Gasteiger charge is -2.20. The standard InChI is InChI=1S/C13H22N4O3/c1-9-6-11(15-20-9)7-17(5)8-12(18)14-10(2)13(19)16(3)4/h6,10H,7-8H2,1-5H3,(H,14,18). The Kier molecular flexibility index (Phi) is 5.69. The number of amides is 2. The fourth-order valence-corrected chi connectivity index (χ4v) is 1.81. The van der Waals surface area contributed by atoms with Gasteiger partial charge in [-0.15, -0.1) is 0 Å². The van der Waals surface area contributed by atoms with E-state index in [1.54, 1.807) is 25.9 Å². The van der Waals surface area contributed by atoms with Crippen LogP contribution in [0.2, 0.25) is 0 Å². The summed E-state index contributed by atoms with van der Waals surface area (Å²) in [6.07, 6.45) is 0. The van der Waals surface area contributed by atoms with E-state index in [1.807, 2.05) is 20.0 Å². The Labute approximate surface area is 118 Å². The predicted molar refractivity (Wildman–Crippen MR) is 73.9 cm³/mol. The van der Waals surface area contributed by atoms with Gasteiger partial charge in [-0.2, -0.15) is 0 Å². The molecule has 2 amide bonds. The Hall–Kier alpha value is -1.89. The third-order valence-electron chi connectivity index (χ3n) is 2.71. The molecule has 1 aromatic rings. The van der Waals surface area contributed by atoms with Crippen LogP contribution < -0.4 is 5.32 Å². The lowest BCUT2D eigenvalue weighted by molar-refractivity contribution is -0.134.